The third-order valence-electron chi connectivity index (χ3n) is 5.32. The summed E-state index contributed by atoms with van der Waals surface area (Å²) in [6, 6.07) is 6.68. The number of benzene rings is 1. The quantitative estimate of drug-likeness (QED) is 0.502. The number of carbonyl (C=O) groups excluding carboxylic acids is 1. The van der Waals surface area contributed by atoms with Gasteiger partial charge in [-0.3, -0.25) is 4.79 Å². The number of carbonyl (C=O) groups is 1. The van der Waals surface area contributed by atoms with E-state index in [9.17, 15) is 18.8 Å². The number of fused-ring (bicyclic) bond motifs is 3. The number of halogens is 2. The fourth-order valence-electron chi connectivity index (χ4n) is 3.73. The lowest BCUT2D eigenvalue weighted by atomic mass is 10.1. The van der Waals surface area contributed by atoms with E-state index in [-0.39, 0.29) is 17.7 Å². The van der Waals surface area contributed by atoms with Gasteiger partial charge in [-0.05, 0) is 31.4 Å². The Balaban J connectivity index is 1.69. The van der Waals surface area contributed by atoms with E-state index < -0.39 is 12.6 Å². The minimum absolute atomic E-state index is 0.148. The zero-order valence-corrected chi connectivity index (χ0v) is 16.7. The molecule has 0 saturated carbocycles. The number of anilines is 1. The van der Waals surface area contributed by atoms with E-state index in [1.807, 2.05) is 0 Å². The van der Waals surface area contributed by atoms with E-state index in [1.54, 1.807) is 18.2 Å². The first-order chi connectivity index (χ1) is 15.5. The van der Waals surface area contributed by atoms with Crippen LogP contribution in [0.15, 0.2) is 30.6 Å². The SMILES string of the molecule is N#Cc1cccc2c1nc(NC1CCCCNC1=O)n1nc(-c3cnn(C(F)F)c3)nc21. The number of para-hydroxylation sites is 1. The Hall–Kier alpha value is -4.14. The Morgan fingerprint density at radius 2 is 2.16 bits per heavy atom. The second-order valence-corrected chi connectivity index (χ2v) is 7.39. The molecule has 0 aliphatic carbocycles. The molecule has 3 aromatic heterocycles. The maximum Gasteiger partial charge on any atom is 0.333 e. The van der Waals surface area contributed by atoms with Crippen molar-refractivity contribution in [3.8, 4) is 17.5 Å². The molecule has 1 atom stereocenters. The number of hydrogen-bond donors (Lipinski definition) is 2. The van der Waals surface area contributed by atoms with Gasteiger partial charge in [-0.2, -0.15) is 23.7 Å². The number of nitriles is 1. The highest BCUT2D eigenvalue weighted by atomic mass is 19.3. The summed E-state index contributed by atoms with van der Waals surface area (Å²) in [5.41, 5.74) is 1.43. The molecule has 1 fully saturated rings. The first-order valence-corrected chi connectivity index (χ1v) is 10.0. The van der Waals surface area contributed by atoms with Crippen LogP contribution in [0.4, 0.5) is 14.7 Å². The summed E-state index contributed by atoms with van der Waals surface area (Å²) in [4.78, 5) is 21.5. The minimum Gasteiger partial charge on any atom is -0.354 e. The van der Waals surface area contributed by atoms with Crippen molar-refractivity contribution >= 4 is 28.4 Å². The Morgan fingerprint density at radius 1 is 1.28 bits per heavy atom. The topological polar surface area (TPSA) is 126 Å². The molecule has 1 aliphatic heterocycles. The average Bonchev–Trinajstić information content (AvgIpc) is 3.41. The molecule has 12 heteroatoms. The standard InChI is InChI=1S/C20H17F2N9O/c21-19(22)30-10-12(9-25-30)16-28-17-13-5-3-4-11(8-23)15(13)27-20(31(17)29-16)26-14-6-1-2-7-24-18(14)32/h3-5,9-10,14,19H,1-2,6-7H2,(H,24,32)(H,26,27). The summed E-state index contributed by atoms with van der Waals surface area (Å²) in [5.74, 6) is 0.254. The van der Waals surface area contributed by atoms with Gasteiger partial charge in [-0.1, -0.05) is 6.07 Å². The second kappa shape index (κ2) is 7.84. The largest absolute Gasteiger partial charge is 0.354 e. The predicted molar refractivity (Wildman–Crippen MR) is 110 cm³/mol. The normalized spacial score (nSPS) is 16.8. The van der Waals surface area contributed by atoms with Crippen LogP contribution in [0, 0.1) is 11.3 Å². The second-order valence-electron chi connectivity index (χ2n) is 7.39. The zero-order valence-electron chi connectivity index (χ0n) is 16.7. The molecule has 1 aliphatic rings. The highest BCUT2D eigenvalue weighted by molar-refractivity contribution is 5.96. The molecule has 1 unspecified atom stereocenters. The molecular formula is C20H17F2N9O. The molecule has 0 radical (unpaired) electrons. The van der Waals surface area contributed by atoms with E-state index in [2.05, 4.69) is 36.9 Å². The van der Waals surface area contributed by atoms with Gasteiger partial charge in [0.1, 0.15) is 12.1 Å². The van der Waals surface area contributed by atoms with Gasteiger partial charge < -0.3 is 10.6 Å². The fraction of sp³-hybridized carbons (Fsp3) is 0.300. The summed E-state index contributed by atoms with van der Waals surface area (Å²) < 4.78 is 27.8. The zero-order chi connectivity index (χ0) is 22.2. The van der Waals surface area contributed by atoms with Crippen molar-refractivity contribution in [1.29, 1.82) is 5.26 Å². The smallest absolute Gasteiger partial charge is 0.333 e. The van der Waals surface area contributed by atoms with Gasteiger partial charge >= 0.3 is 6.55 Å². The highest BCUT2D eigenvalue weighted by Gasteiger charge is 2.24. The summed E-state index contributed by atoms with van der Waals surface area (Å²) in [7, 11) is 0. The molecule has 5 rings (SSSR count). The van der Waals surface area contributed by atoms with Crippen molar-refractivity contribution < 1.29 is 13.6 Å². The van der Waals surface area contributed by atoms with Gasteiger partial charge in [0.2, 0.25) is 11.9 Å². The number of hydrogen-bond acceptors (Lipinski definition) is 7. The minimum atomic E-state index is -2.78. The molecule has 162 valence electrons. The average molecular weight is 437 g/mol. The van der Waals surface area contributed by atoms with E-state index in [4.69, 9.17) is 0 Å². The first kappa shape index (κ1) is 19.8. The summed E-state index contributed by atoms with van der Waals surface area (Å²) in [6.45, 7) is -2.18. The van der Waals surface area contributed by atoms with Gasteiger partial charge in [0.05, 0.1) is 22.8 Å². The van der Waals surface area contributed by atoms with Crippen LogP contribution in [-0.2, 0) is 4.79 Å². The van der Waals surface area contributed by atoms with Crippen molar-refractivity contribution in [2.75, 3.05) is 11.9 Å². The third-order valence-corrected chi connectivity index (χ3v) is 5.32. The van der Waals surface area contributed by atoms with Gasteiger partial charge in [-0.25, -0.2) is 14.6 Å². The summed E-state index contributed by atoms with van der Waals surface area (Å²) in [5, 5.41) is 24.2. The van der Waals surface area contributed by atoms with Crippen molar-refractivity contribution in [3.63, 3.8) is 0 Å². The molecule has 1 amide bonds. The van der Waals surface area contributed by atoms with Crippen molar-refractivity contribution in [2.45, 2.75) is 31.9 Å². The molecule has 1 aromatic carbocycles. The lowest BCUT2D eigenvalue weighted by molar-refractivity contribution is -0.121. The molecule has 10 nitrogen and oxygen atoms in total. The van der Waals surface area contributed by atoms with Crippen LogP contribution >= 0.6 is 0 Å². The maximum absolute atomic E-state index is 13.0. The fourth-order valence-corrected chi connectivity index (χ4v) is 3.73. The highest BCUT2D eigenvalue weighted by Crippen LogP contribution is 2.27. The number of aromatic nitrogens is 6. The van der Waals surface area contributed by atoms with Crippen LogP contribution in [0.3, 0.4) is 0 Å². The van der Waals surface area contributed by atoms with Crippen molar-refractivity contribution in [3.05, 3.63) is 36.2 Å². The Labute approximate surface area is 179 Å². The molecule has 4 aromatic rings. The van der Waals surface area contributed by atoms with Crippen LogP contribution in [0.2, 0.25) is 0 Å². The molecule has 4 heterocycles. The van der Waals surface area contributed by atoms with E-state index in [1.165, 1.54) is 10.7 Å². The molecular weight excluding hydrogens is 420 g/mol. The number of nitrogens with one attached hydrogen (secondary N) is 2. The van der Waals surface area contributed by atoms with Gasteiger partial charge in [0.15, 0.2) is 11.5 Å². The van der Waals surface area contributed by atoms with Crippen LogP contribution in [0.5, 0.6) is 0 Å². The number of rotatable bonds is 4. The number of nitrogens with zero attached hydrogens (tertiary/aromatic N) is 7. The first-order valence-electron chi connectivity index (χ1n) is 10.0. The summed E-state index contributed by atoms with van der Waals surface area (Å²) >= 11 is 0. The van der Waals surface area contributed by atoms with Gasteiger partial charge in [0.25, 0.3) is 0 Å². The number of alkyl halides is 2. The Kier molecular flexibility index (Phi) is 4.85. The monoisotopic (exact) mass is 437 g/mol. The van der Waals surface area contributed by atoms with Crippen LogP contribution < -0.4 is 10.6 Å². The third kappa shape index (κ3) is 3.37. The molecule has 0 bridgehead atoms. The summed E-state index contributed by atoms with van der Waals surface area (Å²) in [6.07, 6.45) is 4.75. The van der Waals surface area contributed by atoms with Gasteiger partial charge in [0, 0.05) is 18.1 Å². The van der Waals surface area contributed by atoms with Gasteiger partial charge in [-0.15, -0.1) is 5.10 Å². The maximum atomic E-state index is 13.0. The van der Waals surface area contributed by atoms with E-state index >= 15 is 0 Å². The number of amides is 1. The van der Waals surface area contributed by atoms with E-state index in [0.29, 0.717) is 45.3 Å². The lowest BCUT2D eigenvalue weighted by Crippen LogP contribution is -2.38. The Bertz CT molecular complexity index is 1370. The van der Waals surface area contributed by atoms with Crippen LogP contribution in [0.1, 0.15) is 31.4 Å². The molecule has 32 heavy (non-hydrogen) atoms. The van der Waals surface area contributed by atoms with Crippen LogP contribution in [0.25, 0.3) is 27.9 Å². The Morgan fingerprint density at radius 3 is 2.94 bits per heavy atom. The molecule has 0 spiro atoms. The predicted octanol–water partition coefficient (Wildman–Crippen LogP) is 2.49. The van der Waals surface area contributed by atoms with Crippen molar-refractivity contribution in [2.24, 2.45) is 0 Å². The van der Waals surface area contributed by atoms with E-state index in [0.717, 1.165) is 19.0 Å². The molecule has 2 N–H and O–H groups in total. The van der Waals surface area contributed by atoms with Crippen molar-refractivity contribution in [1.82, 2.24) is 34.7 Å². The molecule has 1 saturated heterocycles. The van der Waals surface area contributed by atoms with Crippen LogP contribution in [-0.4, -0.2) is 47.9 Å². The lowest BCUT2D eigenvalue weighted by Gasteiger charge is -2.16.